The SMILES string of the molecule is CCOC(=O)c1[nH]ncc1-c1ccnc(C)c1. The fraction of sp³-hybridized carbons (Fsp3) is 0.250. The first-order valence-corrected chi connectivity index (χ1v) is 5.36. The highest BCUT2D eigenvalue weighted by atomic mass is 16.5. The van der Waals surface area contributed by atoms with Gasteiger partial charge in [0.15, 0.2) is 5.69 Å². The molecule has 5 nitrogen and oxygen atoms in total. The number of esters is 1. The van der Waals surface area contributed by atoms with Crippen LogP contribution in [-0.4, -0.2) is 27.8 Å². The van der Waals surface area contributed by atoms with Crippen LogP contribution >= 0.6 is 0 Å². The summed E-state index contributed by atoms with van der Waals surface area (Å²) >= 11 is 0. The Balaban J connectivity index is 2.40. The van der Waals surface area contributed by atoms with E-state index in [1.54, 1.807) is 19.3 Å². The van der Waals surface area contributed by atoms with Gasteiger partial charge in [0.05, 0.1) is 12.8 Å². The first-order valence-electron chi connectivity index (χ1n) is 5.36. The van der Waals surface area contributed by atoms with Gasteiger partial charge in [-0.1, -0.05) is 0 Å². The second-order valence-corrected chi connectivity index (χ2v) is 3.57. The Morgan fingerprint density at radius 3 is 3.06 bits per heavy atom. The summed E-state index contributed by atoms with van der Waals surface area (Å²) in [4.78, 5) is 15.8. The molecular formula is C12H13N3O2. The van der Waals surface area contributed by atoms with Crippen molar-refractivity contribution in [2.75, 3.05) is 6.61 Å². The molecule has 2 rings (SSSR count). The molecule has 0 amide bonds. The normalized spacial score (nSPS) is 10.2. The van der Waals surface area contributed by atoms with Crippen molar-refractivity contribution in [3.05, 3.63) is 35.9 Å². The number of hydrogen-bond acceptors (Lipinski definition) is 4. The number of nitrogens with one attached hydrogen (secondary N) is 1. The summed E-state index contributed by atoms with van der Waals surface area (Å²) in [6.07, 6.45) is 3.31. The Morgan fingerprint density at radius 2 is 2.35 bits per heavy atom. The zero-order valence-corrected chi connectivity index (χ0v) is 9.73. The lowest BCUT2D eigenvalue weighted by Gasteiger charge is -2.03. The first-order chi connectivity index (χ1) is 8.22. The summed E-state index contributed by atoms with van der Waals surface area (Å²) in [5, 5.41) is 6.55. The number of aromatic nitrogens is 3. The molecule has 2 aromatic rings. The number of carbonyl (C=O) groups excluding carboxylic acids is 1. The molecule has 17 heavy (non-hydrogen) atoms. The summed E-state index contributed by atoms with van der Waals surface area (Å²) in [6, 6.07) is 3.73. The van der Waals surface area contributed by atoms with Gasteiger partial charge in [0, 0.05) is 17.5 Å². The molecule has 0 bridgehead atoms. The largest absolute Gasteiger partial charge is 0.461 e. The number of rotatable bonds is 3. The molecule has 0 aliphatic carbocycles. The molecule has 0 aliphatic heterocycles. The molecular weight excluding hydrogens is 218 g/mol. The summed E-state index contributed by atoms with van der Waals surface area (Å²) < 4.78 is 4.95. The van der Waals surface area contributed by atoms with E-state index in [1.807, 2.05) is 19.1 Å². The summed E-state index contributed by atoms with van der Waals surface area (Å²) in [5.74, 6) is -0.394. The van der Waals surface area contributed by atoms with Gasteiger partial charge in [0.25, 0.3) is 0 Å². The van der Waals surface area contributed by atoms with Crippen LogP contribution in [0.25, 0.3) is 11.1 Å². The monoisotopic (exact) mass is 231 g/mol. The molecule has 88 valence electrons. The van der Waals surface area contributed by atoms with Crippen molar-refractivity contribution in [1.82, 2.24) is 15.2 Å². The quantitative estimate of drug-likeness (QED) is 0.820. The van der Waals surface area contributed by atoms with Gasteiger partial charge in [0.2, 0.25) is 0 Å². The molecule has 0 saturated heterocycles. The molecule has 0 atom stereocenters. The van der Waals surface area contributed by atoms with Crippen LogP contribution in [0.3, 0.4) is 0 Å². The van der Waals surface area contributed by atoms with Crippen molar-refractivity contribution in [3.8, 4) is 11.1 Å². The lowest BCUT2D eigenvalue weighted by Crippen LogP contribution is -2.06. The van der Waals surface area contributed by atoms with E-state index < -0.39 is 5.97 Å². The lowest BCUT2D eigenvalue weighted by molar-refractivity contribution is 0.0520. The van der Waals surface area contributed by atoms with Crippen molar-refractivity contribution < 1.29 is 9.53 Å². The van der Waals surface area contributed by atoms with Crippen molar-refractivity contribution in [1.29, 1.82) is 0 Å². The molecule has 0 spiro atoms. The summed E-state index contributed by atoms with van der Waals surface area (Å²) in [6.45, 7) is 4.00. The Bertz CT molecular complexity index is 534. The van der Waals surface area contributed by atoms with Gasteiger partial charge in [-0.3, -0.25) is 10.1 Å². The van der Waals surface area contributed by atoms with E-state index in [2.05, 4.69) is 15.2 Å². The van der Waals surface area contributed by atoms with E-state index in [9.17, 15) is 4.79 Å². The Hall–Kier alpha value is -2.17. The van der Waals surface area contributed by atoms with Gasteiger partial charge in [-0.15, -0.1) is 0 Å². The Morgan fingerprint density at radius 1 is 1.53 bits per heavy atom. The predicted octanol–water partition coefficient (Wildman–Crippen LogP) is 1.96. The molecule has 5 heteroatoms. The average molecular weight is 231 g/mol. The number of H-pyrrole nitrogens is 1. The number of hydrogen-bond donors (Lipinski definition) is 1. The number of carbonyl (C=O) groups is 1. The van der Waals surface area contributed by atoms with Gasteiger partial charge < -0.3 is 4.74 Å². The number of ether oxygens (including phenoxy) is 1. The smallest absolute Gasteiger partial charge is 0.356 e. The predicted molar refractivity (Wildman–Crippen MR) is 62.5 cm³/mol. The molecule has 0 aromatic carbocycles. The molecule has 0 aliphatic rings. The zero-order valence-electron chi connectivity index (χ0n) is 9.73. The maximum Gasteiger partial charge on any atom is 0.356 e. The van der Waals surface area contributed by atoms with Gasteiger partial charge in [-0.25, -0.2) is 4.79 Å². The highest BCUT2D eigenvalue weighted by Crippen LogP contribution is 2.22. The van der Waals surface area contributed by atoms with E-state index in [0.717, 1.165) is 16.8 Å². The van der Waals surface area contributed by atoms with Crippen LogP contribution in [0.4, 0.5) is 0 Å². The number of pyridine rings is 1. The van der Waals surface area contributed by atoms with Gasteiger partial charge in [0.1, 0.15) is 0 Å². The third kappa shape index (κ3) is 2.33. The van der Waals surface area contributed by atoms with Gasteiger partial charge in [-0.05, 0) is 31.5 Å². The second kappa shape index (κ2) is 4.78. The Kier molecular flexibility index (Phi) is 3.18. The van der Waals surface area contributed by atoms with Gasteiger partial charge >= 0.3 is 5.97 Å². The summed E-state index contributed by atoms with van der Waals surface area (Å²) in [7, 11) is 0. The summed E-state index contributed by atoms with van der Waals surface area (Å²) in [5.41, 5.74) is 2.89. The maximum absolute atomic E-state index is 11.7. The highest BCUT2D eigenvalue weighted by Gasteiger charge is 2.16. The van der Waals surface area contributed by atoms with Crippen molar-refractivity contribution in [2.45, 2.75) is 13.8 Å². The molecule has 2 heterocycles. The van der Waals surface area contributed by atoms with E-state index in [0.29, 0.717) is 12.3 Å². The van der Waals surface area contributed by atoms with E-state index in [-0.39, 0.29) is 0 Å². The van der Waals surface area contributed by atoms with Crippen molar-refractivity contribution >= 4 is 5.97 Å². The number of aromatic amines is 1. The van der Waals surface area contributed by atoms with E-state index in [4.69, 9.17) is 4.74 Å². The van der Waals surface area contributed by atoms with Crippen molar-refractivity contribution in [2.24, 2.45) is 0 Å². The lowest BCUT2D eigenvalue weighted by atomic mass is 10.1. The van der Waals surface area contributed by atoms with Crippen LogP contribution < -0.4 is 0 Å². The minimum absolute atomic E-state index is 0.340. The van der Waals surface area contributed by atoms with Crippen LogP contribution in [0.5, 0.6) is 0 Å². The molecule has 1 N–H and O–H groups in total. The van der Waals surface area contributed by atoms with E-state index >= 15 is 0 Å². The van der Waals surface area contributed by atoms with Crippen LogP contribution in [0.15, 0.2) is 24.5 Å². The fourth-order valence-corrected chi connectivity index (χ4v) is 1.58. The average Bonchev–Trinajstić information content (AvgIpc) is 2.78. The van der Waals surface area contributed by atoms with Crippen LogP contribution in [0, 0.1) is 6.92 Å². The van der Waals surface area contributed by atoms with Gasteiger partial charge in [-0.2, -0.15) is 5.10 Å². The zero-order chi connectivity index (χ0) is 12.3. The maximum atomic E-state index is 11.7. The number of nitrogens with zero attached hydrogens (tertiary/aromatic N) is 2. The van der Waals surface area contributed by atoms with E-state index in [1.165, 1.54) is 0 Å². The topological polar surface area (TPSA) is 67.9 Å². The third-order valence-corrected chi connectivity index (χ3v) is 2.33. The van der Waals surface area contributed by atoms with Crippen LogP contribution in [0.2, 0.25) is 0 Å². The fourth-order valence-electron chi connectivity index (χ4n) is 1.58. The molecule has 0 radical (unpaired) electrons. The Labute approximate surface area is 98.8 Å². The molecule has 0 unspecified atom stereocenters. The minimum atomic E-state index is -0.394. The highest BCUT2D eigenvalue weighted by molar-refractivity contribution is 5.95. The standard InChI is InChI=1S/C12H13N3O2/c1-3-17-12(16)11-10(7-14-15-11)9-4-5-13-8(2)6-9/h4-7H,3H2,1-2H3,(H,14,15). The third-order valence-electron chi connectivity index (χ3n) is 2.33. The molecule has 0 saturated carbocycles. The van der Waals surface area contributed by atoms with Crippen LogP contribution in [-0.2, 0) is 4.74 Å². The first kappa shape index (κ1) is 11.3. The van der Waals surface area contributed by atoms with Crippen LogP contribution in [0.1, 0.15) is 23.1 Å². The van der Waals surface area contributed by atoms with Crippen molar-refractivity contribution in [3.63, 3.8) is 0 Å². The molecule has 2 aromatic heterocycles. The number of aryl methyl sites for hydroxylation is 1. The molecule has 0 fully saturated rings. The minimum Gasteiger partial charge on any atom is -0.461 e. The second-order valence-electron chi connectivity index (χ2n) is 3.57.